The van der Waals surface area contributed by atoms with E-state index in [1.165, 1.54) is 0 Å². The van der Waals surface area contributed by atoms with E-state index < -0.39 is 11.9 Å². The van der Waals surface area contributed by atoms with E-state index in [1.807, 2.05) is 24.3 Å². The molecular weight excluding hydrogens is 408 g/mol. The highest BCUT2D eigenvalue weighted by atomic mass is 79.9. The highest BCUT2D eigenvalue weighted by molar-refractivity contribution is 9.09. The number of alkyl halides is 1. The van der Waals surface area contributed by atoms with Gasteiger partial charge >= 0.3 is 11.9 Å². The van der Waals surface area contributed by atoms with Crippen LogP contribution in [0.2, 0.25) is 0 Å². The summed E-state index contributed by atoms with van der Waals surface area (Å²) in [4.78, 5) is 24.7. The average Bonchev–Trinajstić information content (AvgIpc) is 2.63. The Morgan fingerprint density at radius 1 is 0.963 bits per heavy atom. The lowest BCUT2D eigenvalue weighted by Crippen LogP contribution is -2.20. The number of carbonyl (C=O) groups excluding carboxylic acids is 2. The molecule has 0 aliphatic heterocycles. The van der Waals surface area contributed by atoms with Gasteiger partial charge < -0.3 is 9.47 Å². The van der Waals surface area contributed by atoms with E-state index in [-0.39, 0.29) is 4.83 Å². The van der Waals surface area contributed by atoms with Gasteiger partial charge in [-0.15, -0.1) is 0 Å². The largest absolute Gasteiger partial charge is 0.422 e. The maximum Gasteiger partial charge on any atom is 0.338 e. The summed E-state index contributed by atoms with van der Waals surface area (Å²) in [6.07, 6.45) is 2.29. The third-order valence-corrected chi connectivity index (χ3v) is 5.33. The summed E-state index contributed by atoms with van der Waals surface area (Å²) in [5.74, 6) is 0.122. The zero-order chi connectivity index (χ0) is 19.7. The molecule has 27 heavy (non-hydrogen) atoms. The fourth-order valence-electron chi connectivity index (χ4n) is 3.18. The minimum atomic E-state index is -0.467. The first-order valence-electron chi connectivity index (χ1n) is 8.75. The van der Waals surface area contributed by atoms with Crippen LogP contribution < -0.4 is 9.47 Å². The molecule has 0 saturated heterocycles. The first kappa shape index (κ1) is 19.4. The van der Waals surface area contributed by atoms with Crippen LogP contribution in [0.5, 0.6) is 11.5 Å². The molecule has 5 heteroatoms. The van der Waals surface area contributed by atoms with Crippen LogP contribution in [0, 0.1) is 0 Å². The molecular formula is C22H21BrO4. The molecule has 0 heterocycles. The van der Waals surface area contributed by atoms with Crippen molar-refractivity contribution in [2.45, 2.75) is 37.9 Å². The van der Waals surface area contributed by atoms with Gasteiger partial charge in [-0.2, -0.15) is 0 Å². The lowest BCUT2D eigenvalue weighted by molar-refractivity contribution is -0.131. The Kier molecular flexibility index (Phi) is 5.51. The average molecular weight is 429 g/mol. The second-order valence-corrected chi connectivity index (χ2v) is 8.14. The number of ether oxygens (including phenoxy) is 2. The first-order valence-corrected chi connectivity index (χ1v) is 9.67. The standard InChI is InChI=1S/C22H21BrO4/c1-12(2)21(24)26-19-15-7-5-6-8-16(15)20(27-22(25)13(3)4)18-11-14(23)9-10-17(18)19/h5-8,14H,1,3,9-11H2,2,4H3. The van der Waals surface area contributed by atoms with Gasteiger partial charge in [-0.1, -0.05) is 53.4 Å². The monoisotopic (exact) mass is 428 g/mol. The van der Waals surface area contributed by atoms with E-state index in [0.29, 0.717) is 35.5 Å². The second-order valence-electron chi connectivity index (χ2n) is 6.84. The quantitative estimate of drug-likeness (QED) is 0.295. The van der Waals surface area contributed by atoms with E-state index in [1.54, 1.807) is 13.8 Å². The summed E-state index contributed by atoms with van der Waals surface area (Å²) >= 11 is 3.67. The fraction of sp³-hybridized carbons (Fsp3) is 0.273. The van der Waals surface area contributed by atoms with E-state index in [2.05, 4.69) is 29.1 Å². The molecule has 0 spiro atoms. The van der Waals surface area contributed by atoms with Gasteiger partial charge in [0.15, 0.2) is 0 Å². The number of hydrogen-bond acceptors (Lipinski definition) is 4. The third kappa shape index (κ3) is 3.83. The molecule has 1 aliphatic carbocycles. The Labute approximate surface area is 167 Å². The summed E-state index contributed by atoms with van der Waals surface area (Å²) in [6, 6.07) is 7.47. The Hall–Kier alpha value is -2.40. The highest BCUT2D eigenvalue weighted by Gasteiger charge is 2.29. The van der Waals surface area contributed by atoms with Crippen molar-refractivity contribution in [3.8, 4) is 11.5 Å². The van der Waals surface area contributed by atoms with Crippen LogP contribution in [-0.2, 0) is 22.4 Å². The molecule has 1 aliphatic rings. The summed E-state index contributed by atoms with van der Waals surface area (Å²) in [7, 11) is 0. The molecule has 0 radical (unpaired) electrons. The summed E-state index contributed by atoms with van der Waals surface area (Å²) < 4.78 is 11.4. The van der Waals surface area contributed by atoms with Gasteiger partial charge in [0.25, 0.3) is 0 Å². The molecule has 4 nitrogen and oxygen atoms in total. The number of hydrogen-bond donors (Lipinski definition) is 0. The molecule has 2 aromatic carbocycles. The maximum atomic E-state index is 12.2. The molecule has 140 valence electrons. The van der Waals surface area contributed by atoms with E-state index >= 15 is 0 Å². The van der Waals surface area contributed by atoms with Gasteiger partial charge in [0.2, 0.25) is 0 Å². The molecule has 2 aromatic rings. The van der Waals surface area contributed by atoms with Gasteiger partial charge in [0.05, 0.1) is 0 Å². The van der Waals surface area contributed by atoms with Gasteiger partial charge in [0.1, 0.15) is 11.5 Å². The van der Waals surface area contributed by atoms with Crippen molar-refractivity contribution < 1.29 is 19.1 Å². The van der Waals surface area contributed by atoms with Crippen LogP contribution >= 0.6 is 15.9 Å². The molecule has 0 aromatic heterocycles. The van der Waals surface area contributed by atoms with Crippen molar-refractivity contribution in [1.82, 2.24) is 0 Å². The van der Waals surface area contributed by atoms with Crippen molar-refractivity contribution in [1.29, 1.82) is 0 Å². The number of fused-ring (bicyclic) bond motifs is 2. The fourth-order valence-corrected chi connectivity index (χ4v) is 3.73. The minimum Gasteiger partial charge on any atom is -0.422 e. The van der Waals surface area contributed by atoms with Crippen LogP contribution in [0.15, 0.2) is 48.6 Å². The zero-order valence-electron chi connectivity index (χ0n) is 15.4. The molecule has 0 saturated carbocycles. The molecule has 0 amide bonds. The Balaban J connectivity index is 2.28. The van der Waals surface area contributed by atoms with E-state index in [9.17, 15) is 9.59 Å². The molecule has 0 N–H and O–H groups in total. The lowest BCUT2D eigenvalue weighted by atomic mass is 9.87. The van der Waals surface area contributed by atoms with Crippen molar-refractivity contribution in [3.05, 3.63) is 59.7 Å². The number of benzene rings is 2. The van der Waals surface area contributed by atoms with E-state index in [4.69, 9.17) is 9.47 Å². The second kappa shape index (κ2) is 7.69. The minimum absolute atomic E-state index is 0.262. The van der Waals surface area contributed by atoms with Gasteiger partial charge in [-0.05, 0) is 33.1 Å². The molecule has 0 bridgehead atoms. The lowest BCUT2D eigenvalue weighted by Gasteiger charge is -2.26. The predicted octanol–water partition coefficient (Wildman–Crippen LogP) is 5.06. The number of rotatable bonds is 4. The van der Waals surface area contributed by atoms with Crippen molar-refractivity contribution in [3.63, 3.8) is 0 Å². The van der Waals surface area contributed by atoms with Gasteiger partial charge in [-0.3, -0.25) is 0 Å². The summed E-state index contributed by atoms with van der Waals surface area (Å²) in [6.45, 7) is 10.6. The van der Waals surface area contributed by atoms with Crippen LogP contribution in [0.25, 0.3) is 10.8 Å². The van der Waals surface area contributed by atoms with Crippen LogP contribution in [-0.4, -0.2) is 16.8 Å². The maximum absolute atomic E-state index is 12.2. The van der Waals surface area contributed by atoms with Crippen LogP contribution in [0.3, 0.4) is 0 Å². The Morgan fingerprint density at radius 3 is 1.93 bits per heavy atom. The smallest absolute Gasteiger partial charge is 0.338 e. The number of carbonyl (C=O) groups is 2. The molecule has 1 atom stereocenters. The van der Waals surface area contributed by atoms with Crippen molar-refractivity contribution >= 4 is 38.6 Å². The third-order valence-electron chi connectivity index (χ3n) is 4.55. The summed E-state index contributed by atoms with van der Waals surface area (Å²) in [5, 5.41) is 1.47. The van der Waals surface area contributed by atoms with Crippen LogP contribution in [0.1, 0.15) is 31.4 Å². The zero-order valence-corrected chi connectivity index (χ0v) is 17.0. The molecule has 1 unspecified atom stereocenters. The van der Waals surface area contributed by atoms with Gasteiger partial charge in [-0.25, -0.2) is 9.59 Å². The molecule has 0 fully saturated rings. The van der Waals surface area contributed by atoms with Crippen molar-refractivity contribution in [2.24, 2.45) is 0 Å². The normalized spacial score (nSPS) is 15.7. The first-order chi connectivity index (χ1) is 12.8. The van der Waals surface area contributed by atoms with E-state index in [0.717, 1.165) is 28.3 Å². The SMILES string of the molecule is C=C(C)C(=O)Oc1c2c(c(OC(=O)C(=C)C)c3ccccc13)CC(Br)CC2. The van der Waals surface area contributed by atoms with Crippen LogP contribution in [0.4, 0.5) is 0 Å². The number of esters is 2. The Morgan fingerprint density at radius 2 is 1.44 bits per heavy atom. The molecule has 3 rings (SSSR count). The Bertz CT molecular complexity index is 974. The topological polar surface area (TPSA) is 52.6 Å². The van der Waals surface area contributed by atoms with Gasteiger partial charge in [0, 0.05) is 37.9 Å². The highest BCUT2D eigenvalue weighted by Crippen LogP contribution is 2.45. The predicted molar refractivity (Wildman–Crippen MR) is 110 cm³/mol. The van der Waals surface area contributed by atoms with Crippen molar-refractivity contribution in [2.75, 3.05) is 0 Å². The number of halogens is 1. The summed E-state index contributed by atoms with van der Waals surface area (Å²) in [5.41, 5.74) is 2.46.